The van der Waals surface area contributed by atoms with E-state index >= 15 is 0 Å². The van der Waals surface area contributed by atoms with Crippen LogP contribution in [0, 0.1) is 11.3 Å². The summed E-state index contributed by atoms with van der Waals surface area (Å²) in [5.74, 6) is 0.541. The van der Waals surface area contributed by atoms with Gasteiger partial charge in [-0.3, -0.25) is 4.99 Å². The second kappa shape index (κ2) is 8.08. The highest BCUT2D eigenvalue weighted by atomic mass is 16.5. The van der Waals surface area contributed by atoms with Gasteiger partial charge in [0.05, 0.1) is 18.1 Å². The van der Waals surface area contributed by atoms with Crippen molar-refractivity contribution in [3.63, 3.8) is 0 Å². The highest BCUT2D eigenvalue weighted by Gasteiger charge is 2.19. The summed E-state index contributed by atoms with van der Waals surface area (Å²) in [5.41, 5.74) is 1.27. The summed E-state index contributed by atoms with van der Waals surface area (Å²) in [6.07, 6.45) is 0. The van der Waals surface area contributed by atoms with E-state index in [9.17, 15) is 5.26 Å². The predicted octanol–water partition coefficient (Wildman–Crippen LogP) is 3.35. The van der Waals surface area contributed by atoms with Crippen molar-refractivity contribution in [1.82, 2.24) is 0 Å². The molecule has 0 bridgehead atoms. The highest BCUT2D eigenvalue weighted by molar-refractivity contribution is 6.05. The standard InChI is InChI=1S/C17H22N4O/c1-6-20-15(21-16(19-5)22-7-2)13-8-10-14(11-9-13)17(3,4)12-18/h8-11H,5-7H2,1-4H3. The van der Waals surface area contributed by atoms with E-state index in [1.807, 2.05) is 52.0 Å². The van der Waals surface area contributed by atoms with E-state index < -0.39 is 5.41 Å². The molecule has 0 aliphatic heterocycles. The quantitative estimate of drug-likeness (QED) is 0.631. The van der Waals surface area contributed by atoms with Gasteiger partial charge in [-0.2, -0.15) is 10.3 Å². The lowest BCUT2D eigenvalue weighted by Crippen LogP contribution is -2.14. The van der Waals surface area contributed by atoms with Crippen molar-refractivity contribution in [3.05, 3.63) is 35.4 Å². The number of nitrogens with zero attached hydrogens (tertiary/aromatic N) is 4. The van der Waals surface area contributed by atoms with Gasteiger partial charge in [-0.25, -0.2) is 4.99 Å². The van der Waals surface area contributed by atoms with Crippen molar-refractivity contribution in [2.24, 2.45) is 15.0 Å². The van der Waals surface area contributed by atoms with Crippen LogP contribution in [0.15, 0.2) is 39.2 Å². The molecule has 0 N–H and O–H groups in total. The van der Waals surface area contributed by atoms with Crippen molar-refractivity contribution in [2.45, 2.75) is 33.1 Å². The summed E-state index contributed by atoms with van der Waals surface area (Å²) in [5, 5.41) is 9.19. The third-order valence-electron chi connectivity index (χ3n) is 3.06. The molecule has 0 aromatic heterocycles. The van der Waals surface area contributed by atoms with Gasteiger partial charge in [0.25, 0.3) is 0 Å². The Bertz CT molecular complexity index is 607. The number of ether oxygens (including phenoxy) is 1. The smallest absolute Gasteiger partial charge is 0.317 e. The van der Waals surface area contributed by atoms with Crippen LogP contribution < -0.4 is 0 Å². The van der Waals surface area contributed by atoms with Crippen LogP contribution >= 0.6 is 0 Å². The lowest BCUT2D eigenvalue weighted by Gasteiger charge is -2.15. The Balaban J connectivity index is 3.17. The minimum absolute atomic E-state index is 0.205. The minimum Gasteiger partial charge on any atom is -0.464 e. The Morgan fingerprint density at radius 1 is 1.27 bits per heavy atom. The molecule has 0 unspecified atom stereocenters. The number of hydrogen-bond donors (Lipinski definition) is 0. The predicted molar refractivity (Wildman–Crippen MR) is 90.8 cm³/mol. The van der Waals surface area contributed by atoms with Gasteiger partial charge >= 0.3 is 6.02 Å². The van der Waals surface area contributed by atoms with Crippen molar-refractivity contribution in [3.8, 4) is 6.07 Å². The zero-order valence-electron chi connectivity index (χ0n) is 13.6. The molecule has 0 atom stereocenters. The maximum absolute atomic E-state index is 9.19. The molecule has 0 fully saturated rings. The molecule has 0 aliphatic rings. The number of rotatable bonds is 4. The molecule has 22 heavy (non-hydrogen) atoms. The zero-order valence-corrected chi connectivity index (χ0v) is 13.6. The molecule has 1 rings (SSSR count). The van der Waals surface area contributed by atoms with Gasteiger partial charge in [-0.1, -0.05) is 24.3 Å². The van der Waals surface area contributed by atoms with E-state index in [-0.39, 0.29) is 6.02 Å². The molecule has 0 spiro atoms. The first-order valence-electron chi connectivity index (χ1n) is 7.23. The normalized spacial score (nSPS) is 12.7. The average molecular weight is 298 g/mol. The summed E-state index contributed by atoms with van der Waals surface area (Å²) in [7, 11) is 0. The van der Waals surface area contributed by atoms with Crippen LogP contribution in [0.5, 0.6) is 0 Å². The molecule has 0 aliphatic carbocycles. The zero-order chi connectivity index (χ0) is 16.6. The van der Waals surface area contributed by atoms with Gasteiger partial charge in [0.2, 0.25) is 0 Å². The molecule has 116 valence electrons. The maximum Gasteiger partial charge on any atom is 0.317 e. The Kier molecular flexibility index (Phi) is 6.46. The summed E-state index contributed by atoms with van der Waals surface area (Å²) >= 11 is 0. The van der Waals surface area contributed by atoms with Crippen molar-refractivity contribution < 1.29 is 4.74 Å². The topological polar surface area (TPSA) is 70.1 Å². The van der Waals surface area contributed by atoms with E-state index in [4.69, 9.17) is 4.74 Å². The molecule has 5 heteroatoms. The number of hydrogen-bond acceptors (Lipinski definition) is 3. The van der Waals surface area contributed by atoms with Crippen LogP contribution in [0.25, 0.3) is 0 Å². The Morgan fingerprint density at radius 2 is 1.91 bits per heavy atom. The van der Waals surface area contributed by atoms with Crippen LogP contribution in [0.1, 0.15) is 38.8 Å². The lowest BCUT2D eigenvalue weighted by atomic mass is 9.86. The minimum atomic E-state index is -0.525. The Morgan fingerprint density at radius 3 is 2.36 bits per heavy atom. The molecule has 0 heterocycles. The first-order valence-corrected chi connectivity index (χ1v) is 7.23. The number of aliphatic imine (C=N–C) groups is 3. The molecule has 1 aromatic rings. The second-order valence-corrected chi connectivity index (χ2v) is 5.10. The van der Waals surface area contributed by atoms with Gasteiger partial charge in [-0.05, 0) is 40.0 Å². The molecule has 0 amide bonds. The third kappa shape index (κ3) is 4.52. The molecule has 5 nitrogen and oxygen atoms in total. The van der Waals surface area contributed by atoms with Gasteiger partial charge in [0, 0.05) is 12.1 Å². The molecular formula is C17H22N4O. The number of nitriles is 1. The van der Waals surface area contributed by atoms with Crippen LogP contribution in [0.2, 0.25) is 0 Å². The fourth-order valence-electron chi connectivity index (χ4n) is 1.77. The van der Waals surface area contributed by atoms with E-state index in [1.54, 1.807) is 0 Å². The van der Waals surface area contributed by atoms with Gasteiger partial charge in [-0.15, -0.1) is 0 Å². The first kappa shape index (κ1) is 17.6. The number of amidine groups is 2. The monoisotopic (exact) mass is 298 g/mol. The van der Waals surface area contributed by atoms with Crippen LogP contribution in [0.3, 0.4) is 0 Å². The van der Waals surface area contributed by atoms with Gasteiger partial charge < -0.3 is 4.74 Å². The average Bonchev–Trinajstić information content (AvgIpc) is 2.53. The van der Waals surface area contributed by atoms with Gasteiger partial charge in [0.1, 0.15) is 0 Å². The molecular weight excluding hydrogens is 276 g/mol. The number of benzene rings is 1. The van der Waals surface area contributed by atoms with E-state index in [1.165, 1.54) is 0 Å². The fourth-order valence-corrected chi connectivity index (χ4v) is 1.77. The Labute approximate surface area is 132 Å². The van der Waals surface area contributed by atoms with Crippen molar-refractivity contribution in [1.29, 1.82) is 5.26 Å². The van der Waals surface area contributed by atoms with Crippen molar-refractivity contribution in [2.75, 3.05) is 13.2 Å². The molecule has 0 radical (unpaired) electrons. The summed E-state index contributed by atoms with van der Waals surface area (Å²) < 4.78 is 5.28. The summed E-state index contributed by atoms with van der Waals surface area (Å²) in [6, 6.07) is 10.1. The van der Waals surface area contributed by atoms with Crippen LogP contribution in [-0.2, 0) is 10.2 Å². The largest absolute Gasteiger partial charge is 0.464 e. The third-order valence-corrected chi connectivity index (χ3v) is 3.06. The SMILES string of the molecule is C=NC(=NC(=NCC)c1ccc(C(C)(C)C#N)cc1)OCC. The molecule has 0 saturated heterocycles. The second-order valence-electron chi connectivity index (χ2n) is 5.10. The fraction of sp³-hybridized carbons (Fsp3) is 0.412. The molecule has 0 saturated carbocycles. The van der Waals surface area contributed by atoms with E-state index in [2.05, 4.69) is 27.8 Å². The molecule has 1 aromatic carbocycles. The first-order chi connectivity index (χ1) is 10.5. The lowest BCUT2D eigenvalue weighted by molar-refractivity contribution is 0.323. The van der Waals surface area contributed by atoms with Crippen molar-refractivity contribution >= 4 is 18.6 Å². The maximum atomic E-state index is 9.19. The summed E-state index contributed by atoms with van der Waals surface area (Å²) in [6.45, 7) is 12.1. The van der Waals surface area contributed by atoms with Crippen LogP contribution in [0.4, 0.5) is 0 Å². The van der Waals surface area contributed by atoms with E-state index in [0.29, 0.717) is 19.0 Å². The summed E-state index contributed by atoms with van der Waals surface area (Å²) in [4.78, 5) is 12.4. The highest BCUT2D eigenvalue weighted by Crippen LogP contribution is 2.22. The van der Waals surface area contributed by atoms with Gasteiger partial charge in [0.15, 0.2) is 5.84 Å². The van der Waals surface area contributed by atoms with E-state index in [0.717, 1.165) is 11.1 Å². The van der Waals surface area contributed by atoms with Crippen LogP contribution in [-0.4, -0.2) is 31.7 Å². The Hall–Kier alpha value is -2.48.